The molecule has 0 N–H and O–H groups in total. The molecule has 0 saturated carbocycles. The number of fused-ring (bicyclic) bond motifs is 1. The van der Waals surface area contributed by atoms with Crippen LogP contribution in [0, 0.1) is 5.82 Å². The molecule has 0 bridgehead atoms. The monoisotopic (exact) mass is 518 g/mol. The minimum absolute atomic E-state index is 0.0355. The molecular weight excluding hydrogens is 494 g/mol. The van der Waals surface area contributed by atoms with Crippen molar-refractivity contribution in [3.8, 4) is 0 Å². The lowest BCUT2D eigenvalue weighted by Crippen LogP contribution is -2.49. The predicted molar refractivity (Wildman–Crippen MR) is 135 cm³/mol. The van der Waals surface area contributed by atoms with Crippen molar-refractivity contribution in [2.24, 2.45) is 0 Å². The Morgan fingerprint density at radius 1 is 1.18 bits per heavy atom. The minimum atomic E-state index is -0.597. The lowest BCUT2D eigenvalue weighted by molar-refractivity contribution is -0.134. The van der Waals surface area contributed by atoms with Crippen LogP contribution in [0.5, 0.6) is 0 Å². The Balaban J connectivity index is 1.68. The second-order valence-corrected chi connectivity index (χ2v) is 10.2. The summed E-state index contributed by atoms with van der Waals surface area (Å²) in [7, 11) is 0. The number of thiophene rings is 1. The predicted octanol–water partition coefficient (Wildman–Crippen LogP) is 6.61. The van der Waals surface area contributed by atoms with E-state index in [-0.39, 0.29) is 30.1 Å². The lowest BCUT2D eigenvalue weighted by atomic mass is 9.93. The zero-order valence-corrected chi connectivity index (χ0v) is 21.3. The number of benzene rings is 2. The Morgan fingerprint density at radius 2 is 1.94 bits per heavy atom. The van der Waals surface area contributed by atoms with Crippen LogP contribution in [-0.2, 0) is 11.2 Å². The van der Waals surface area contributed by atoms with Crippen LogP contribution < -0.4 is 0 Å². The number of halogens is 3. The lowest BCUT2D eigenvalue weighted by Gasteiger charge is -2.38. The fourth-order valence-corrected chi connectivity index (χ4v) is 5.73. The summed E-state index contributed by atoms with van der Waals surface area (Å²) in [5, 5.41) is 3.02. The van der Waals surface area contributed by atoms with Crippen molar-refractivity contribution in [3.63, 3.8) is 0 Å². The van der Waals surface area contributed by atoms with Crippen LogP contribution in [0.15, 0.2) is 53.9 Å². The van der Waals surface area contributed by atoms with Crippen molar-refractivity contribution in [1.29, 1.82) is 0 Å². The summed E-state index contributed by atoms with van der Waals surface area (Å²) in [5.41, 5.74) is 1.78. The van der Waals surface area contributed by atoms with Crippen molar-refractivity contribution in [3.05, 3.63) is 91.3 Å². The molecular formula is C26H25Cl2FN2O2S. The second kappa shape index (κ2) is 10.5. The summed E-state index contributed by atoms with van der Waals surface area (Å²) < 4.78 is 14.4. The molecule has 2 heterocycles. The SMILES string of the molecule is CCC(C)N(CC(=O)N1CCc2sccc2C1c1ccc(Cl)cc1Cl)C(=O)c1ccccc1F. The quantitative estimate of drug-likeness (QED) is 0.368. The van der Waals surface area contributed by atoms with Crippen molar-refractivity contribution < 1.29 is 14.0 Å². The number of nitrogens with zero attached hydrogens (tertiary/aromatic N) is 2. The average Bonchev–Trinajstić information content (AvgIpc) is 3.30. The molecule has 0 spiro atoms. The first-order chi connectivity index (χ1) is 16.3. The van der Waals surface area contributed by atoms with E-state index in [0.717, 1.165) is 17.5 Å². The van der Waals surface area contributed by atoms with Gasteiger partial charge in [0.25, 0.3) is 5.91 Å². The van der Waals surface area contributed by atoms with E-state index in [4.69, 9.17) is 23.2 Å². The molecule has 3 aromatic rings. The van der Waals surface area contributed by atoms with Gasteiger partial charge in [-0.05, 0) is 66.6 Å². The first-order valence-electron chi connectivity index (χ1n) is 11.2. The molecule has 2 amide bonds. The van der Waals surface area contributed by atoms with E-state index in [0.29, 0.717) is 23.0 Å². The molecule has 0 saturated heterocycles. The number of hydrogen-bond donors (Lipinski definition) is 0. The van der Waals surface area contributed by atoms with Crippen molar-refractivity contribution >= 4 is 46.4 Å². The first-order valence-corrected chi connectivity index (χ1v) is 12.8. The summed E-state index contributed by atoms with van der Waals surface area (Å²) in [6.07, 6.45) is 1.36. The van der Waals surface area contributed by atoms with Crippen LogP contribution in [0.1, 0.15) is 52.7 Å². The summed E-state index contributed by atoms with van der Waals surface area (Å²) in [6.45, 7) is 4.15. The fourth-order valence-electron chi connectivity index (χ4n) is 4.32. The highest BCUT2D eigenvalue weighted by molar-refractivity contribution is 7.10. The average molecular weight is 519 g/mol. The van der Waals surface area contributed by atoms with Crippen LogP contribution in [0.25, 0.3) is 0 Å². The van der Waals surface area contributed by atoms with E-state index >= 15 is 0 Å². The van der Waals surface area contributed by atoms with E-state index < -0.39 is 11.7 Å². The van der Waals surface area contributed by atoms with Gasteiger partial charge in [0.1, 0.15) is 12.4 Å². The summed E-state index contributed by atoms with van der Waals surface area (Å²) in [6, 6.07) is 12.5. The van der Waals surface area contributed by atoms with Gasteiger partial charge in [0.15, 0.2) is 0 Å². The maximum atomic E-state index is 14.4. The molecule has 178 valence electrons. The number of rotatable bonds is 6. The summed E-state index contributed by atoms with van der Waals surface area (Å²) in [5.74, 6) is -1.30. The number of carbonyl (C=O) groups is 2. The Kier molecular flexibility index (Phi) is 7.60. The van der Waals surface area contributed by atoms with Crippen LogP contribution >= 0.6 is 34.5 Å². The molecule has 1 aliphatic rings. The Bertz CT molecular complexity index is 1220. The molecule has 0 fully saturated rings. The normalized spacial score (nSPS) is 16.1. The van der Waals surface area contributed by atoms with E-state index in [1.165, 1.54) is 28.0 Å². The van der Waals surface area contributed by atoms with E-state index in [1.807, 2.05) is 31.4 Å². The molecule has 1 aliphatic heterocycles. The number of hydrogen-bond acceptors (Lipinski definition) is 3. The van der Waals surface area contributed by atoms with Crippen molar-refractivity contribution in [1.82, 2.24) is 9.80 Å². The maximum absolute atomic E-state index is 14.4. The standard InChI is InChI=1S/C26H25Cl2FN2O2S/c1-3-16(2)31(26(33)19-6-4-5-7-22(19)29)15-24(32)30-12-10-23-20(11-13-34-23)25(30)18-9-8-17(27)14-21(18)28/h4-9,11,13-14,16,25H,3,10,12,15H2,1-2H3. The Labute approximate surface area is 212 Å². The zero-order chi connectivity index (χ0) is 24.4. The van der Waals surface area contributed by atoms with Gasteiger partial charge in [0, 0.05) is 27.5 Å². The highest BCUT2D eigenvalue weighted by Gasteiger charge is 2.36. The molecule has 2 unspecified atom stereocenters. The summed E-state index contributed by atoms with van der Waals surface area (Å²) in [4.78, 5) is 31.4. The van der Waals surface area contributed by atoms with E-state index in [1.54, 1.807) is 34.4 Å². The molecule has 0 radical (unpaired) electrons. The zero-order valence-electron chi connectivity index (χ0n) is 18.9. The molecule has 2 aromatic carbocycles. The van der Waals surface area contributed by atoms with Crippen LogP contribution in [-0.4, -0.2) is 40.7 Å². The molecule has 1 aromatic heterocycles. The smallest absolute Gasteiger partial charge is 0.257 e. The highest BCUT2D eigenvalue weighted by Crippen LogP contribution is 2.41. The third-order valence-corrected chi connectivity index (χ3v) is 7.90. The van der Waals surface area contributed by atoms with Gasteiger partial charge in [-0.3, -0.25) is 9.59 Å². The van der Waals surface area contributed by atoms with Gasteiger partial charge in [-0.1, -0.05) is 48.3 Å². The van der Waals surface area contributed by atoms with Gasteiger partial charge in [0.2, 0.25) is 5.91 Å². The number of carbonyl (C=O) groups excluding carboxylic acids is 2. The van der Waals surface area contributed by atoms with Gasteiger partial charge in [-0.15, -0.1) is 11.3 Å². The van der Waals surface area contributed by atoms with E-state index in [9.17, 15) is 14.0 Å². The molecule has 0 aliphatic carbocycles. The molecule has 4 nitrogen and oxygen atoms in total. The largest absolute Gasteiger partial charge is 0.330 e. The first kappa shape index (κ1) is 24.7. The second-order valence-electron chi connectivity index (χ2n) is 8.37. The van der Waals surface area contributed by atoms with Gasteiger partial charge in [-0.25, -0.2) is 4.39 Å². The van der Waals surface area contributed by atoms with Gasteiger partial charge >= 0.3 is 0 Å². The van der Waals surface area contributed by atoms with E-state index in [2.05, 4.69) is 0 Å². The topological polar surface area (TPSA) is 40.6 Å². The van der Waals surface area contributed by atoms with Crippen molar-refractivity contribution in [2.45, 2.75) is 38.8 Å². The van der Waals surface area contributed by atoms with Crippen LogP contribution in [0.2, 0.25) is 10.0 Å². The van der Waals surface area contributed by atoms with Crippen LogP contribution in [0.3, 0.4) is 0 Å². The third-order valence-electron chi connectivity index (χ3n) is 6.34. The third kappa shape index (κ3) is 4.85. The minimum Gasteiger partial charge on any atom is -0.330 e. The number of amides is 2. The molecule has 8 heteroatoms. The Hall–Kier alpha value is -2.41. The molecule has 2 atom stereocenters. The molecule has 34 heavy (non-hydrogen) atoms. The van der Waals surface area contributed by atoms with Gasteiger partial charge < -0.3 is 9.80 Å². The maximum Gasteiger partial charge on any atom is 0.257 e. The summed E-state index contributed by atoms with van der Waals surface area (Å²) >= 11 is 14.3. The van der Waals surface area contributed by atoms with Gasteiger partial charge in [-0.2, -0.15) is 0 Å². The van der Waals surface area contributed by atoms with Gasteiger partial charge in [0.05, 0.1) is 11.6 Å². The molecule has 4 rings (SSSR count). The Morgan fingerprint density at radius 3 is 2.65 bits per heavy atom. The van der Waals surface area contributed by atoms with Crippen molar-refractivity contribution in [2.75, 3.05) is 13.1 Å². The highest BCUT2D eigenvalue weighted by atomic mass is 35.5. The van der Waals surface area contributed by atoms with Crippen LogP contribution in [0.4, 0.5) is 4.39 Å². The fraction of sp³-hybridized carbons (Fsp3) is 0.308.